The second-order valence-electron chi connectivity index (χ2n) is 7.64. The molecule has 3 rings (SSSR count). The van der Waals surface area contributed by atoms with E-state index in [4.69, 9.17) is 0 Å². The van der Waals surface area contributed by atoms with Crippen molar-refractivity contribution in [2.24, 2.45) is 0 Å². The van der Waals surface area contributed by atoms with Crippen molar-refractivity contribution in [2.45, 2.75) is 37.6 Å². The lowest BCUT2D eigenvalue weighted by atomic mass is 9.68. The number of hydrogen-bond donors (Lipinski definition) is 2. The van der Waals surface area contributed by atoms with Crippen LogP contribution in [0.3, 0.4) is 0 Å². The highest BCUT2D eigenvalue weighted by molar-refractivity contribution is 5.98. The SMILES string of the molecule is CCC(=O)CC[C@@H](NC(=O)C(c1ccccc1)(c1ccccc1)c1ccccc1)C(=O)O. The Morgan fingerprint density at radius 1 is 0.781 bits per heavy atom. The van der Waals surface area contributed by atoms with Crippen LogP contribution in [-0.2, 0) is 19.8 Å². The van der Waals surface area contributed by atoms with Gasteiger partial charge in [0.1, 0.15) is 17.2 Å². The van der Waals surface area contributed by atoms with E-state index in [1.165, 1.54) is 0 Å². The fourth-order valence-electron chi connectivity index (χ4n) is 3.96. The first-order chi connectivity index (χ1) is 15.5. The molecule has 5 nitrogen and oxygen atoms in total. The summed E-state index contributed by atoms with van der Waals surface area (Å²) in [6.45, 7) is 1.74. The Bertz CT molecular complexity index is 952. The average molecular weight is 430 g/mol. The lowest BCUT2D eigenvalue weighted by Crippen LogP contribution is -2.52. The zero-order valence-corrected chi connectivity index (χ0v) is 18.0. The molecule has 0 aliphatic rings. The third kappa shape index (κ3) is 4.78. The summed E-state index contributed by atoms with van der Waals surface area (Å²) in [6.07, 6.45) is 0.479. The molecule has 3 aromatic rings. The van der Waals surface area contributed by atoms with Gasteiger partial charge in [0.15, 0.2) is 0 Å². The average Bonchev–Trinajstić information content (AvgIpc) is 2.84. The molecule has 164 valence electrons. The molecule has 0 heterocycles. The highest BCUT2D eigenvalue weighted by Crippen LogP contribution is 2.39. The Balaban J connectivity index is 2.14. The molecular formula is C27H27NO4. The van der Waals surface area contributed by atoms with Gasteiger partial charge in [-0.2, -0.15) is 0 Å². The highest BCUT2D eigenvalue weighted by Gasteiger charge is 2.44. The summed E-state index contributed by atoms with van der Waals surface area (Å²) in [6, 6.07) is 26.8. The second-order valence-corrected chi connectivity index (χ2v) is 7.64. The van der Waals surface area contributed by atoms with E-state index in [0.717, 1.165) is 16.7 Å². The molecule has 0 aliphatic carbocycles. The smallest absolute Gasteiger partial charge is 0.326 e. The van der Waals surface area contributed by atoms with E-state index in [0.29, 0.717) is 6.42 Å². The van der Waals surface area contributed by atoms with Crippen molar-refractivity contribution < 1.29 is 19.5 Å². The van der Waals surface area contributed by atoms with Gasteiger partial charge in [-0.1, -0.05) is 97.9 Å². The molecule has 1 atom stereocenters. The minimum Gasteiger partial charge on any atom is -0.480 e. The van der Waals surface area contributed by atoms with Crippen molar-refractivity contribution in [1.29, 1.82) is 0 Å². The van der Waals surface area contributed by atoms with Crippen LogP contribution in [0, 0.1) is 0 Å². The van der Waals surface area contributed by atoms with Crippen LogP contribution in [0.2, 0.25) is 0 Å². The van der Waals surface area contributed by atoms with E-state index in [1.54, 1.807) is 6.92 Å². The van der Waals surface area contributed by atoms with Gasteiger partial charge in [0.2, 0.25) is 5.91 Å². The van der Waals surface area contributed by atoms with E-state index >= 15 is 0 Å². The molecule has 0 unspecified atom stereocenters. The number of aliphatic carboxylic acids is 1. The van der Waals surface area contributed by atoms with Gasteiger partial charge in [-0.05, 0) is 23.1 Å². The molecule has 32 heavy (non-hydrogen) atoms. The topological polar surface area (TPSA) is 83.5 Å². The Hall–Kier alpha value is -3.73. The quantitative estimate of drug-likeness (QED) is 0.470. The number of benzene rings is 3. The number of ketones is 1. The first kappa shape index (κ1) is 22.9. The summed E-state index contributed by atoms with van der Waals surface area (Å²) >= 11 is 0. The predicted octanol–water partition coefficient (Wildman–Crippen LogP) is 4.35. The third-order valence-electron chi connectivity index (χ3n) is 5.67. The molecule has 0 aliphatic heterocycles. The van der Waals surface area contributed by atoms with Crippen molar-refractivity contribution in [3.8, 4) is 0 Å². The molecule has 0 bridgehead atoms. The van der Waals surface area contributed by atoms with Crippen LogP contribution in [-0.4, -0.2) is 28.8 Å². The molecule has 0 saturated heterocycles. The number of carboxylic acid groups (broad SMARTS) is 1. The summed E-state index contributed by atoms with van der Waals surface area (Å²) < 4.78 is 0. The Kier molecular flexibility index (Phi) is 7.55. The Morgan fingerprint density at radius 3 is 1.53 bits per heavy atom. The van der Waals surface area contributed by atoms with Gasteiger partial charge in [-0.3, -0.25) is 9.59 Å². The molecule has 0 fully saturated rings. The number of carbonyl (C=O) groups is 3. The van der Waals surface area contributed by atoms with Gasteiger partial charge in [0.25, 0.3) is 0 Å². The van der Waals surface area contributed by atoms with Crippen LogP contribution in [0.25, 0.3) is 0 Å². The van der Waals surface area contributed by atoms with Crippen LogP contribution in [0.5, 0.6) is 0 Å². The minimum atomic E-state index is -1.26. The molecular weight excluding hydrogens is 402 g/mol. The fourth-order valence-corrected chi connectivity index (χ4v) is 3.96. The van der Waals surface area contributed by atoms with E-state index in [2.05, 4.69) is 5.32 Å². The van der Waals surface area contributed by atoms with Crippen molar-refractivity contribution in [1.82, 2.24) is 5.32 Å². The zero-order chi connectivity index (χ0) is 23.0. The number of carbonyl (C=O) groups excluding carboxylic acids is 2. The van der Waals surface area contributed by atoms with Crippen molar-refractivity contribution in [2.75, 3.05) is 0 Å². The van der Waals surface area contributed by atoms with Crippen molar-refractivity contribution >= 4 is 17.7 Å². The highest BCUT2D eigenvalue weighted by atomic mass is 16.4. The summed E-state index contributed by atoms with van der Waals surface area (Å²) in [5, 5.41) is 12.5. The van der Waals surface area contributed by atoms with Crippen LogP contribution in [0.4, 0.5) is 0 Å². The number of amides is 1. The maximum Gasteiger partial charge on any atom is 0.326 e. The molecule has 5 heteroatoms. The lowest BCUT2D eigenvalue weighted by Gasteiger charge is -2.35. The Labute approximate surface area is 188 Å². The zero-order valence-electron chi connectivity index (χ0n) is 18.0. The number of carboxylic acids is 1. The number of rotatable bonds is 10. The van der Waals surface area contributed by atoms with Crippen LogP contribution < -0.4 is 5.32 Å². The number of Topliss-reactive ketones (excluding diaryl/α,β-unsaturated/α-hetero) is 1. The largest absolute Gasteiger partial charge is 0.480 e. The van der Waals surface area contributed by atoms with Crippen molar-refractivity contribution in [3.63, 3.8) is 0 Å². The predicted molar refractivity (Wildman–Crippen MR) is 123 cm³/mol. The monoisotopic (exact) mass is 429 g/mol. The summed E-state index contributed by atoms with van der Waals surface area (Å²) in [5.74, 6) is -1.64. The standard InChI is InChI=1S/C27H27NO4/c1-2-23(29)18-19-24(25(30)31)28-26(32)27(20-12-6-3-7-13-20,21-14-8-4-9-15-21)22-16-10-5-11-17-22/h3-17,24H,2,18-19H2,1H3,(H,28,32)(H,30,31)/t24-/m1/s1. The van der Waals surface area contributed by atoms with E-state index in [9.17, 15) is 19.5 Å². The minimum absolute atomic E-state index is 0.0362. The number of nitrogens with one attached hydrogen (secondary N) is 1. The summed E-state index contributed by atoms with van der Waals surface area (Å²) in [4.78, 5) is 37.8. The lowest BCUT2D eigenvalue weighted by molar-refractivity contribution is -0.142. The van der Waals surface area contributed by atoms with Gasteiger partial charge in [-0.15, -0.1) is 0 Å². The molecule has 0 saturated carbocycles. The molecule has 3 aromatic carbocycles. The maximum atomic E-state index is 14.0. The van der Waals surface area contributed by atoms with Gasteiger partial charge >= 0.3 is 5.97 Å². The van der Waals surface area contributed by atoms with Gasteiger partial charge in [0, 0.05) is 12.8 Å². The first-order valence-corrected chi connectivity index (χ1v) is 10.7. The molecule has 0 aromatic heterocycles. The second kappa shape index (κ2) is 10.5. The van der Waals surface area contributed by atoms with Gasteiger partial charge in [-0.25, -0.2) is 4.79 Å². The van der Waals surface area contributed by atoms with Crippen LogP contribution in [0.1, 0.15) is 42.9 Å². The van der Waals surface area contributed by atoms with Crippen LogP contribution in [0.15, 0.2) is 91.0 Å². The molecule has 0 radical (unpaired) electrons. The molecule has 0 spiro atoms. The summed E-state index contributed by atoms with van der Waals surface area (Å²) in [7, 11) is 0. The van der Waals surface area contributed by atoms with Gasteiger partial charge in [0.05, 0.1) is 0 Å². The number of hydrogen-bond acceptors (Lipinski definition) is 3. The maximum absolute atomic E-state index is 14.0. The first-order valence-electron chi connectivity index (χ1n) is 10.7. The van der Waals surface area contributed by atoms with Crippen molar-refractivity contribution in [3.05, 3.63) is 108 Å². The third-order valence-corrected chi connectivity index (χ3v) is 5.67. The van der Waals surface area contributed by atoms with E-state index in [-0.39, 0.29) is 18.6 Å². The molecule has 1 amide bonds. The molecule has 2 N–H and O–H groups in total. The van der Waals surface area contributed by atoms with Gasteiger partial charge < -0.3 is 10.4 Å². The summed E-state index contributed by atoms with van der Waals surface area (Å²) in [5.41, 5.74) is 0.919. The fraction of sp³-hybridized carbons (Fsp3) is 0.222. The van der Waals surface area contributed by atoms with E-state index < -0.39 is 23.3 Å². The van der Waals surface area contributed by atoms with Crippen LogP contribution >= 0.6 is 0 Å². The Morgan fingerprint density at radius 2 is 1.19 bits per heavy atom. The van der Waals surface area contributed by atoms with E-state index in [1.807, 2.05) is 91.0 Å². The normalized spacial score (nSPS) is 12.0.